The SMILES string of the molecule is CC(C)OC(=O)CN1CCC[C@H](N[S+](C)[O-])[C@@H]1COC1CCN(c2nc3ccccc3s2)CC1. The van der Waals surface area contributed by atoms with Gasteiger partial charge in [0.25, 0.3) is 0 Å². The van der Waals surface area contributed by atoms with Crippen molar-refractivity contribution in [2.24, 2.45) is 0 Å². The highest BCUT2D eigenvalue weighted by Gasteiger charge is 2.36. The molecular weight excluding hydrogens is 472 g/mol. The molecule has 2 aromatic rings. The number of esters is 1. The summed E-state index contributed by atoms with van der Waals surface area (Å²) in [5.41, 5.74) is 1.06. The molecule has 2 aliphatic heterocycles. The molecule has 0 amide bonds. The first kappa shape index (κ1) is 25.7. The van der Waals surface area contributed by atoms with Crippen molar-refractivity contribution in [2.45, 2.75) is 63.8 Å². The third kappa shape index (κ3) is 6.83. The fourth-order valence-corrected chi connectivity index (χ4v) is 6.52. The Bertz CT molecular complexity index is 900. The number of likely N-dealkylation sites (tertiary alicyclic amines) is 1. The number of benzene rings is 1. The van der Waals surface area contributed by atoms with Gasteiger partial charge in [-0.2, -0.15) is 0 Å². The van der Waals surface area contributed by atoms with Crippen LogP contribution in [0.3, 0.4) is 0 Å². The first-order valence-corrected chi connectivity index (χ1v) is 14.5. The van der Waals surface area contributed by atoms with Crippen molar-refractivity contribution in [3.8, 4) is 0 Å². The second-order valence-electron chi connectivity index (χ2n) is 9.38. The van der Waals surface area contributed by atoms with Crippen LogP contribution in [0.5, 0.6) is 0 Å². The number of fused-ring (bicyclic) bond motifs is 1. The Labute approximate surface area is 209 Å². The quantitative estimate of drug-likeness (QED) is 0.409. The van der Waals surface area contributed by atoms with Gasteiger partial charge in [-0.3, -0.25) is 9.69 Å². The Morgan fingerprint density at radius 3 is 2.74 bits per heavy atom. The van der Waals surface area contributed by atoms with Gasteiger partial charge in [0.2, 0.25) is 0 Å². The number of hydrogen-bond donors (Lipinski definition) is 1. The largest absolute Gasteiger partial charge is 0.598 e. The molecule has 4 rings (SSSR count). The number of piperidine rings is 2. The minimum atomic E-state index is -1.12. The first-order chi connectivity index (χ1) is 16.4. The number of thiazole rings is 1. The van der Waals surface area contributed by atoms with Gasteiger partial charge in [0, 0.05) is 24.5 Å². The summed E-state index contributed by atoms with van der Waals surface area (Å²) in [7, 11) is 0. The van der Waals surface area contributed by atoms with Gasteiger partial charge in [-0.15, -0.1) is 4.72 Å². The summed E-state index contributed by atoms with van der Waals surface area (Å²) in [5, 5.41) is 1.08. The number of carbonyl (C=O) groups excluding carboxylic acids is 1. The molecule has 2 aliphatic rings. The van der Waals surface area contributed by atoms with Crippen molar-refractivity contribution >= 4 is 44.0 Å². The molecule has 10 heteroatoms. The summed E-state index contributed by atoms with van der Waals surface area (Å²) in [6.45, 7) is 7.11. The molecule has 1 N–H and O–H groups in total. The second-order valence-corrected chi connectivity index (χ2v) is 11.5. The van der Waals surface area contributed by atoms with Crippen LogP contribution in [0.4, 0.5) is 5.13 Å². The van der Waals surface area contributed by atoms with E-state index >= 15 is 0 Å². The molecule has 3 heterocycles. The molecule has 2 fully saturated rings. The van der Waals surface area contributed by atoms with E-state index in [-0.39, 0.29) is 36.8 Å². The lowest BCUT2D eigenvalue weighted by molar-refractivity contribution is -0.150. The smallest absolute Gasteiger partial charge is 0.320 e. The van der Waals surface area contributed by atoms with Gasteiger partial charge in [0.1, 0.15) is 6.26 Å². The molecule has 0 bridgehead atoms. The van der Waals surface area contributed by atoms with Gasteiger partial charge in [0.05, 0.1) is 47.7 Å². The molecule has 1 aromatic heterocycles. The van der Waals surface area contributed by atoms with Crippen LogP contribution in [0.2, 0.25) is 0 Å². The number of anilines is 1. The van der Waals surface area contributed by atoms with Crippen LogP contribution < -0.4 is 9.62 Å². The monoisotopic (exact) mass is 508 g/mol. The van der Waals surface area contributed by atoms with Gasteiger partial charge in [-0.1, -0.05) is 23.5 Å². The minimum absolute atomic E-state index is 0.0142. The first-order valence-electron chi connectivity index (χ1n) is 12.1. The maximum absolute atomic E-state index is 12.3. The van der Waals surface area contributed by atoms with E-state index in [0.29, 0.717) is 6.61 Å². The van der Waals surface area contributed by atoms with E-state index in [1.807, 2.05) is 19.9 Å². The normalized spacial score (nSPS) is 23.5. The summed E-state index contributed by atoms with van der Waals surface area (Å²) in [4.78, 5) is 21.6. The van der Waals surface area contributed by atoms with E-state index in [9.17, 15) is 9.35 Å². The van der Waals surface area contributed by atoms with E-state index in [1.165, 1.54) is 4.70 Å². The molecule has 1 unspecified atom stereocenters. The van der Waals surface area contributed by atoms with Crippen molar-refractivity contribution in [2.75, 3.05) is 43.9 Å². The van der Waals surface area contributed by atoms with Gasteiger partial charge in [0.15, 0.2) is 5.13 Å². The number of rotatable bonds is 9. The lowest BCUT2D eigenvalue weighted by atomic mass is 9.97. The van der Waals surface area contributed by atoms with E-state index in [1.54, 1.807) is 17.6 Å². The fraction of sp³-hybridized carbons (Fsp3) is 0.667. The van der Waals surface area contributed by atoms with Gasteiger partial charge < -0.3 is 18.9 Å². The van der Waals surface area contributed by atoms with Crippen LogP contribution in [-0.2, 0) is 25.6 Å². The third-order valence-corrected chi connectivity index (χ3v) is 8.14. The minimum Gasteiger partial charge on any atom is -0.598 e. The average Bonchev–Trinajstić information content (AvgIpc) is 3.22. The highest BCUT2D eigenvalue weighted by molar-refractivity contribution is 7.88. The van der Waals surface area contributed by atoms with Crippen molar-refractivity contribution in [3.05, 3.63) is 24.3 Å². The summed E-state index contributed by atoms with van der Waals surface area (Å²) in [5.74, 6) is -0.220. The highest BCUT2D eigenvalue weighted by Crippen LogP contribution is 2.31. The average molecular weight is 509 g/mol. The molecule has 0 aliphatic carbocycles. The molecule has 0 radical (unpaired) electrons. The number of nitrogens with zero attached hydrogens (tertiary/aromatic N) is 3. The fourth-order valence-electron chi connectivity index (χ4n) is 4.81. The second kappa shape index (κ2) is 12.0. The van der Waals surface area contributed by atoms with Crippen molar-refractivity contribution < 1.29 is 18.8 Å². The summed E-state index contributed by atoms with van der Waals surface area (Å²) in [6.07, 6.45) is 5.43. The summed E-state index contributed by atoms with van der Waals surface area (Å²) >= 11 is 0.621. The van der Waals surface area contributed by atoms with Gasteiger partial charge in [-0.05, 0) is 58.2 Å². The lowest BCUT2D eigenvalue weighted by Crippen LogP contribution is -2.58. The molecule has 0 saturated carbocycles. The number of para-hydroxylation sites is 1. The molecule has 188 valence electrons. The molecule has 8 nitrogen and oxygen atoms in total. The third-order valence-electron chi connectivity index (χ3n) is 6.41. The zero-order valence-corrected chi connectivity index (χ0v) is 21.9. The van der Waals surface area contributed by atoms with Crippen LogP contribution >= 0.6 is 11.3 Å². The van der Waals surface area contributed by atoms with E-state index < -0.39 is 11.4 Å². The Morgan fingerprint density at radius 2 is 2.03 bits per heavy atom. The molecule has 1 aromatic carbocycles. The van der Waals surface area contributed by atoms with E-state index in [0.717, 1.165) is 56.0 Å². The van der Waals surface area contributed by atoms with Crippen LogP contribution in [0.1, 0.15) is 39.5 Å². The zero-order valence-electron chi connectivity index (χ0n) is 20.3. The number of aromatic nitrogens is 1. The molecule has 0 spiro atoms. The van der Waals surface area contributed by atoms with Crippen molar-refractivity contribution in [3.63, 3.8) is 0 Å². The lowest BCUT2D eigenvalue weighted by Gasteiger charge is -2.41. The van der Waals surface area contributed by atoms with E-state index in [2.05, 4.69) is 32.7 Å². The number of hydrogen-bond acceptors (Lipinski definition) is 9. The van der Waals surface area contributed by atoms with Gasteiger partial charge >= 0.3 is 5.97 Å². The van der Waals surface area contributed by atoms with Crippen LogP contribution in [0.15, 0.2) is 24.3 Å². The van der Waals surface area contributed by atoms with Gasteiger partial charge in [-0.25, -0.2) is 4.98 Å². The van der Waals surface area contributed by atoms with Crippen molar-refractivity contribution in [1.82, 2.24) is 14.6 Å². The molecule has 34 heavy (non-hydrogen) atoms. The number of nitrogens with one attached hydrogen (secondary N) is 1. The predicted molar refractivity (Wildman–Crippen MR) is 138 cm³/mol. The molecule has 2 saturated heterocycles. The standard InChI is InChI=1S/C24H36N4O4S2/c1-17(2)32-23(29)15-28-12-6-8-19(26-34(3)30)21(28)16-31-18-10-13-27(14-11-18)24-25-20-7-4-5-9-22(20)33-24/h4-5,7,9,17-19,21,26H,6,8,10-16H2,1-3H3/t19-,21-,34?/m0/s1. The van der Waals surface area contributed by atoms with Crippen LogP contribution in [0.25, 0.3) is 10.2 Å². The Morgan fingerprint density at radius 1 is 1.26 bits per heavy atom. The Kier molecular flexibility index (Phi) is 9.06. The topological polar surface area (TPSA) is 90.0 Å². The molecular formula is C24H36N4O4S2. The zero-order chi connectivity index (χ0) is 24.1. The Hall–Kier alpha value is -1.43. The summed E-state index contributed by atoms with van der Waals surface area (Å²) < 4.78 is 28.1. The number of ether oxygens (including phenoxy) is 2. The van der Waals surface area contributed by atoms with Crippen LogP contribution in [-0.4, -0.2) is 83.7 Å². The maximum atomic E-state index is 12.3. The number of carbonyl (C=O) groups is 1. The molecule has 3 atom stereocenters. The highest BCUT2D eigenvalue weighted by atomic mass is 32.2. The summed E-state index contributed by atoms with van der Waals surface area (Å²) in [6, 6.07) is 8.27. The van der Waals surface area contributed by atoms with Crippen molar-refractivity contribution in [1.29, 1.82) is 0 Å². The van der Waals surface area contributed by atoms with E-state index in [4.69, 9.17) is 14.5 Å². The van der Waals surface area contributed by atoms with Crippen LogP contribution in [0, 0.1) is 0 Å². The maximum Gasteiger partial charge on any atom is 0.320 e. The predicted octanol–water partition coefficient (Wildman–Crippen LogP) is 2.95. The Balaban J connectivity index is 1.32.